The van der Waals surface area contributed by atoms with Crippen LogP contribution in [0.5, 0.6) is 0 Å². The van der Waals surface area contributed by atoms with Crippen LogP contribution in [0.3, 0.4) is 0 Å². The van der Waals surface area contributed by atoms with Crippen LogP contribution in [0.2, 0.25) is 0 Å². The van der Waals surface area contributed by atoms with E-state index in [1.807, 2.05) is 4.72 Å². The lowest BCUT2D eigenvalue weighted by molar-refractivity contribution is -0.139. The van der Waals surface area contributed by atoms with Gasteiger partial charge in [-0.15, -0.1) is 0 Å². The molecule has 0 aliphatic rings. The summed E-state index contributed by atoms with van der Waals surface area (Å²) in [4.78, 5) is 21.3. The van der Waals surface area contributed by atoms with Gasteiger partial charge < -0.3 is 10.8 Å². The van der Waals surface area contributed by atoms with Crippen molar-refractivity contribution in [2.75, 3.05) is 0 Å². The number of primary amides is 1. The van der Waals surface area contributed by atoms with Gasteiger partial charge in [0.15, 0.2) is 0 Å². The molecule has 1 amide bonds. The van der Waals surface area contributed by atoms with Crippen LogP contribution in [0.15, 0.2) is 0 Å². The fourth-order valence-electron chi connectivity index (χ4n) is 1.05. The topological polar surface area (TPSA) is 139 Å². The molecule has 0 bridgehead atoms. The van der Waals surface area contributed by atoms with Crippen LogP contribution in [0.4, 0.5) is 0 Å². The fourth-order valence-corrected chi connectivity index (χ4v) is 2.33. The van der Waals surface area contributed by atoms with Crippen molar-refractivity contribution >= 4 is 22.1 Å². The predicted octanol–water partition coefficient (Wildman–Crippen LogP) is -1.46. The third-order valence-corrected chi connectivity index (χ3v) is 3.04. The summed E-state index contributed by atoms with van der Waals surface area (Å²) in [5.74, 6) is -2.05. The van der Waals surface area contributed by atoms with Crippen LogP contribution < -0.4 is 15.2 Å². The zero-order valence-corrected chi connectivity index (χ0v) is 10.5. The zero-order valence-electron chi connectivity index (χ0n) is 9.63. The van der Waals surface area contributed by atoms with E-state index in [0.717, 1.165) is 0 Å². The minimum absolute atomic E-state index is 0.191. The molecule has 0 aliphatic heterocycles. The molecule has 0 aromatic carbocycles. The summed E-state index contributed by atoms with van der Waals surface area (Å²) in [5, 5.41) is 8.78. The third-order valence-electron chi connectivity index (χ3n) is 1.67. The highest BCUT2D eigenvalue weighted by atomic mass is 32.2. The van der Waals surface area contributed by atoms with E-state index in [-0.39, 0.29) is 18.9 Å². The number of nitrogens with one attached hydrogen (secondary N) is 2. The number of carbonyl (C=O) groups is 2. The molecule has 0 aromatic heterocycles. The first-order valence-electron chi connectivity index (χ1n) is 4.94. The molecule has 0 fully saturated rings. The maximum atomic E-state index is 11.4. The van der Waals surface area contributed by atoms with Crippen LogP contribution in [0, 0.1) is 0 Å². The average Bonchev–Trinajstić information content (AvgIpc) is 2.09. The lowest BCUT2D eigenvalue weighted by Crippen LogP contribution is -2.48. The van der Waals surface area contributed by atoms with Gasteiger partial charge in [-0.05, 0) is 20.3 Å². The zero-order chi connectivity index (χ0) is 13.6. The van der Waals surface area contributed by atoms with E-state index >= 15 is 0 Å². The Labute approximate surface area is 99.7 Å². The largest absolute Gasteiger partial charge is 0.480 e. The summed E-state index contributed by atoms with van der Waals surface area (Å²) in [6.07, 6.45) is -0.398. The number of carboxylic acids is 1. The number of hydrogen-bond donors (Lipinski definition) is 4. The molecule has 0 rings (SSSR count). The van der Waals surface area contributed by atoms with Crippen LogP contribution in [-0.4, -0.2) is 37.5 Å². The maximum absolute atomic E-state index is 11.4. The Bertz CT molecular complexity index is 379. The molecule has 0 radical (unpaired) electrons. The Hall–Kier alpha value is -1.19. The molecule has 0 saturated heterocycles. The van der Waals surface area contributed by atoms with E-state index in [2.05, 4.69) is 4.72 Å². The van der Waals surface area contributed by atoms with Crippen molar-refractivity contribution in [3.05, 3.63) is 0 Å². The van der Waals surface area contributed by atoms with Crippen LogP contribution >= 0.6 is 0 Å². The van der Waals surface area contributed by atoms with Gasteiger partial charge in [-0.25, -0.2) is 0 Å². The Kier molecular flexibility index (Phi) is 6.07. The SMILES string of the molecule is CC(C)NS(=O)(=O)N[C@H](CCC(N)=O)C(=O)O. The highest BCUT2D eigenvalue weighted by molar-refractivity contribution is 7.87. The highest BCUT2D eigenvalue weighted by Gasteiger charge is 2.24. The minimum atomic E-state index is -3.91. The third kappa shape index (κ3) is 7.66. The van der Waals surface area contributed by atoms with Crippen molar-refractivity contribution < 1.29 is 23.1 Å². The highest BCUT2D eigenvalue weighted by Crippen LogP contribution is 1.99. The van der Waals surface area contributed by atoms with Crippen LogP contribution in [0.25, 0.3) is 0 Å². The average molecular weight is 267 g/mol. The first kappa shape index (κ1) is 15.8. The number of amides is 1. The van der Waals surface area contributed by atoms with Gasteiger partial charge in [-0.3, -0.25) is 9.59 Å². The Morgan fingerprint density at radius 3 is 2.18 bits per heavy atom. The van der Waals surface area contributed by atoms with E-state index in [9.17, 15) is 18.0 Å². The summed E-state index contributed by atoms with van der Waals surface area (Å²) in [5.41, 5.74) is 4.86. The molecule has 0 aromatic rings. The van der Waals surface area contributed by atoms with Gasteiger partial charge in [0.05, 0.1) is 0 Å². The van der Waals surface area contributed by atoms with Gasteiger partial charge in [-0.1, -0.05) is 0 Å². The number of aliphatic carboxylic acids is 1. The molecule has 0 unspecified atom stereocenters. The Morgan fingerprint density at radius 2 is 1.82 bits per heavy atom. The number of carboxylic acid groups (broad SMARTS) is 1. The molecule has 100 valence electrons. The summed E-state index contributed by atoms with van der Waals surface area (Å²) in [7, 11) is -3.91. The Morgan fingerprint density at radius 1 is 1.29 bits per heavy atom. The standard InChI is InChI=1S/C8H17N3O5S/c1-5(2)10-17(15,16)11-6(8(13)14)3-4-7(9)12/h5-6,10-11H,3-4H2,1-2H3,(H2,9,12)(H,13,14)/t6-/m1/s1. The number of hydrogen-bond acceptors (Lipinski definition) is 4. The molecule has 17 heavy (non-hydrogen) atoms. The number of rotatable bonds is 8. The second-order valence-corrected chi connectivity index (χ2v) is 5.27. The van der Waals surface area contributed by atoms with E-state index in [0.29, 0.717) is 0 Å². The summed E-state index contributed by atoms with van der Waals surface area (Å²) < 4.78 is 26.9. The van der Waals surface area contributed by atoms with E-state index in [1.54, 1.807) is 13.8 Å². The first-order valence-corrected chi connectivity index (χ1v) is 6.43. The minimum Gasteiger partial charge on any atom is -0.480 e. The monoisotopic (exact) mass is 267 g/mol. The van der Waals surface area contributed by atoms with E-state index in [1.165, 1.54) is 0 Å². The van der Waals surface area contributed by atoms with E-state index < -0.39 is 28.1 Å². The van der Waals surface area contributed by atoms with Crippen molar-refractivity contribution in [1.29, 1.82) is 0 Å². The van der Waals surface area contributed by atoms with Crippen molar-refractivity contribution in [3.63, 3.8) is 0 Å². The van der Waals surface area contributed by atoms with Crippen molar-refractivity contribution in [2.24, 2.45) is 5.73 Å². The van der Waals surface area contributed by atoms with Crippen LogP contribution in [0.1, 0.15) is 26.7 Å². The quantitative estimate of drug-likeness (QED) is 0.425. The molecule has 1 atom stereocenters. The van der Waals surface area contributed by atoms with Crippen molar-refractivity contribution in [3.8, 4) is 0 Å². The molecular formula is C8H17N3O5S. The van der Waals surface area contributed by atoms with Gasteiger partial charge in [0.2, 0.25) is 5.91 Å². The summed E-state index contributed by atoms with van der Waals surface area (Å²) in [6, 6.07) is -1.74. The molecule has 8 nitrogen and oxygen atoms in total. The second-order valence-electron chi connectivity index (χ2n) is 3.79. The summed E-state index contributed by atoms with van der Waals surface area (Å²) in [6.45, 7) is 3.19. The molecular weight excluding hydrogens is 250 g/mol. The number of carbonyl (C=O) groups excluding carboxylic acids is 1. The first-order chi connectivity index (χ1) is 7.64. The molecule has 9 heteroatoms. The lowest BCUT2D eigenvalue weighted by atomic mass is 10.2. The van der Waals surface area contributed by atoms with Gasteiger partial charge in [0.1, 0.15) is 6.04 Å². The van der Waals surface area contributed by atoms with E-state index in [4.69, 9.17) is 10.8 Å². The predicted molar refractivity (Wildman–Crippen MR) is 60.2 cm³/mol. The molecule has 0 heterocycles. The van der Waals surface area contributed by atoms with Gasteiger partial charge in [-0.2, -0.15) is 17.9 Å². The Balaban J connectivity index is 4.54. The molecule has 0 saturated carbocycles. The van der Waals surface area contributed by atoms with Gasteiger partial charge in [0, 0.05) is 12.5 Å². The second kappa shape index (κ2) is 6.52. The van der Waals surface area contributed by atoms with Crippen LogP contribution in [-0.2, 0) is 19.8 Å². The molecule has 0 spiro atoms. The lowest BCUT2D eigenvalue weighted by Gasteiger charge is -2.15. The van der Waals surface area contributed by atoms with Gasteiger partial charge in [0.25, 0.3) is 10.2 Å². The molecule has 0 aliphatic carbocycles. The number of nitrogens with two attached hydrogens (primary N) is 1. The molecule has 5 N–H and O–H groups in total. The maximum Gasteiger partial charge on any atom is 0.321 e. The fraction of sp³-hybridized carbons (Fsp3) is 0.750. The van der Waals surface area contributed by atoms with Crippen molar-refractivity contribution in [1.82, 2.24) is 9.44 Å². The smallest absolute Gasteiger partial charge is 0.321 e. The van der Waals surface area contributed by atoms with Gasteiger partial charge >= 0.3 is 5.97 Å². The summed E-state index contributed by atoms with van der Waals surface area (Å²) >= 11 is 0. The normalized spacial score (nSPS) is 13.6. The van der Waals surface area contributed by atoms with Crippen molar-refractivity contribution in [2.45, 2.75) is 38.8 Å².